The summed E-state index contributed by atoms with van der Waals surface area (Å²) in [5, 5.41) is 29.2. The fourth-order valence-electron chi connectivity index (χ4n) is 2.49. The number of phenols is 1. The highest BCUT2D eigenvalue weighted by atomic mass is 16.5. The highest BCUT2D eigenvalue weighted by molar-refractivity contribution is 5.31. The summed E-state index contributed by atoms with van der Waals surface area (Å²) >= 11 is 0. The minimum Gasteiger partial charge on any atom is -0.508 e. The van der Waals surface area contributed by atoms with Crippen LogP contribution >= 0.6 is 0 Å². The van der Waals surface area contributed by atoms with Gasteiger partial charge in [0.25, 0.3) is 0 Å². The number of hydrogen-bond donors (Lipinski definition) is 3. The molecule has 106 valence electrons. The molecule has 1 saturated heterocycles. The Morgan fingerprint density at radius 3 is 2.84 bits per heavy atom. The summed E-state index contributed by atoms with van der Waals surface area (Å²) in [7, 11) is 0. The van der Waals surface area contributed by atoms with Gasteiger partial charge in [-0.3, -0.25) is 0 Å². The molecule has 3 unspecified atom stereocenters. The van der Waals surface area contributed by atoms with Crippen molar-refractivity contribution in [2.24, 2.45) is 0 Å². The zero-order chi connectivity index (χ0) is 13.7. The summed E-state index contributed by atoms with van der Waals surface area (Å²) in [6.45, 7) is 0.567. The van der Waals surface area contributed by atoms with Gasteiger partial charge in [0.15, 0.2) is 0 Å². The lowest BCUT2D eigenvalue weighted by atomic mass is 9.97. The van der Waals surface area contributed by atoms with Crippen LogP contribution < -0.4 is 0 Å². The second kappa shape index (κ2) is 6.89. The molecule has 19 heavy (non-hydrogen) atoms. The molecule has 3 N–H and O–H groups in total. The molecule has 2 rings (SSSR count). The van der Waals surface area contributed by atoms with Crippen LogP contribution in [0.5, 0.6) is 5.75 Å². The van der Waals surface area contributed by atoms with Crippen molar-refractivity contribution in [1.29, 1.82) is 0 Å². The molecule has 0 spiro atoms. The van der Waals surface area contributed by atoms with Crippen LogP contribution in [-0.4, -0.2) is 40.2 Å². The fourth-order valence-corrected chi connectivity index (χ4v) is 2.49. The maximum absolute atomic E-state index is 10.00. The molecular weight excluding hydrogens is 244 g/mol. The molecule has 0 aliphatic carbocycles. The number of benzene rings is 1. The number of para-hydroxylation sites is 1. The van der Waals surface area contributed by atoms with Crippen molar-refractivity contribution < 1.29 is 20.1 Å². The number of aromatic hydroxyl groups is 1. The van der Waals surface area contributed by atoms with Crippen LogP contribution in [0.2, 0.25) is 0 Å². The van der Waals surface area contributed by atoms with Crippen LogP contribution in [0, 0.1) is 0 Å². The van der Waals surface area contributed by atoms with Crippen LogP contribution in [0.3, 0.4) is 0 Å². The van der Waals surface area contributed by atoms with Crippen LogP contribution in [0.1, 0.15) is 31.2 Å². The van der Waals surface area contributed by atoms with Gasteiger partial charge in [-0.25, -0.2) is 0 Å². The Morgan fingerprint density at radius 1 is 1.32 bits per heavy atom. The average Bonchev–Trinajstić information content (AvgIpc) is 2.38. The van der Waals surface area contributed by atoms with E-state index >= 15 is 0 Å². The summed E-state index contributed by atoms with van der Waals surface area (Å²) in [6.07, 6.45) is 2.25. The molecule has 0 amide bonds. The van der Waals surface area contributed by atoms with Gasteiger partial charge in [-0.05, 0) is 43.7 Å². The third-order valence-corrected chi connectivity index (χ3v) is 3.61. The topological polar surface area (TPSA) is 69.9 Å². The first kappa shape index (κ1) is 14.3. The molecule has 1 aromatic rings. The summed E-state index contributed by atoms with van der Waals surface area (Å²) in [6, 6.07) is 7.18. The Morgan fingerprint density at radius 2 is 2.11 bits per heavy atom. The molecule has 4 nitrogen and oxygen atoms in total. The minimum absolute atomic E-state index is 0.0527. The molecule has 1 aliphatic rings. The average molecular weight is 266 g/mol. The molecule has 0 bridgehead atoms. The first-order chi connectivity index (χ1) is 9.15. The van der Waals surface area contributed by atoms with Crippen LogP contribution in [-0.2, 0) is 11.2 Å². The Labute approximate surface area is 113 Å². The third-order valence-electron chi connectivity index (χ3n) is 3.61. The molecule has 4 heteroatoms. The Bertz CT molecular complexity index is 393. The van der Waals surface area contributed by atoms with Gasteiger partial charge >= 0.3 is 0 Å². The summed E-state index contributed by atoms with van der Waals surface area (Å²) < 4.78 is 5.53. The number of aliphatic hydroxyl groups is 2. The Balaban J connectivity index is 1.75. The zero-order valence-corrected chi connectivity index (χ0v) is 11.0. The van der Waals surface area contributed by atoms with Crippen LogP contribution in [0.15, 0.2) is 24.3 Å². The molecule has 1 aromatic carbocycles. The van der Waals surface area contributed by atoms with Crippen molar-refractivity contribution >= 4 is 0 Å². The van der Waals surface area contributed by atoms with E-state index in [-0.39, 0.29) is 18.0 Å². The smallest absolute Gasteiger partial charge is 0.118 e. The second-order valence-electron chi connectivity index (χ2n) is 5.23. The summed E-state index contributed by atoms with van der Waals surface area (Å²) in [5.41, 5.74) is 0.853. The number of aliphatic hydroxyl groups excluding tert-OH is 2. The number of aryl methyl sites for hydroxylation is 1. The van der Waals surface area contributed by atoms with E-state index in [4.69, 9.17) is 4.74 Å². The summed E-state index contributed by atoms with van der Waals surface area (Å²) in [4.78, 5) is 0. The fraction of sp³-hybridized carbons (Fsp3) is 0.600. The predicted molar refractivity (Wildman–Crippen MR) is 72.0 cm³/mol. The molecule has 0 aromatic heterocycles. The normalized spacial score (nSPS) is 25.2. The van der Waals surface area contributed by atoms with Gasteiger partial charge < -0.3 is 20.1 Å². The van der Waals surface area contributed by atoms with Crippen molar-refractivity contribution in [1.82, 2.24) is 0 Å². The van der Waals surface area contributed by atoms with E-state index in [2.05, 4.69) is 0 Å². The number of phenolic OH excluding ortho intramolecular Hbond substituents is 1. The first-order valence-corrected chi connectivity index (χ1v) is 6.89. The lowest BCUT2D eigenvalue weighted by Gasteiger charge is -2.28. The standard InChI is InChI=1S/C15H22O4/c16-12(9-14-10-13(17)7-8-19-14)6-5-11-3-1-2-4-15(11)18/h1-4,12-14,16-18H,5-10H2. The largest absolute Gasteiger partial charge is 0.508 e. The van der Waals surface area contributed by atoms with Gasteiger partial charge in [0.05, 0.1) is 18.3 Å². The van der Waals surface area contributed by atoms with Crippen LogP contribution in [0.4, 0.5) is 0 Å². The number of ether oxygens (including phenoxy) is 1. The zero-order valence-electron chi connectivity index (χ0n) is 11.0. The second-order valence-corrected chi connectivity index (χ2v) is 5.23. The lowest BCUT2D eigenvalue weighted by Crippen LogP contribution is -2.31. The molecule has 0 radical (unpaired) electrons. The SMILES string of the molecule is Oc1ccccc1CCC(O)CC1CC(O)CCO1. The molecule has 1 heterocycles. The first-order valence-electron chi connectivity index (χ1n) is 6.89. The Kier molecular flexibility index (Phi) is 5.19. The van der Waals surface area contributed by atoms with E-state index in [9.17, 15) is 15.3 Å². The van der Waals surface area contributed by atoms with E-state index in [0.29, 0.717) is 38.7 Å². The minimum atomic E-state index is -0.463. The van der Waals surface area contributed by atoms with Crippen LogP contribution in [0.25, 0.3) is 0 Å². The van der Waals surface area contributed by atoms with Gasteiger partial charge in [0.2, 0.25) is 0 Å². The van der Waals surface area contributed by atoms with E-state index in [1.165, 1.54) is 0 Å². The van der Waals surface area contributed by atoms with Gasteiger partial charge in [0.1, 0.15) is 5.75 Å². The lowest BCUT2D eigenvalue weighted by molar-refractivity contribution is -0.0618. The van der Waals surface area contributed by atoms with Gasteiger partial charge in [0, 0.05) is 6.61 Å². The Hall–Kier alpha value is -1.10. The van der Waals surface area contributed by atoms with E-state index in [1.807, 2.05) is 12.1 Å². The maximum Gasteiger partial charge on any atom is 0.118 e. The third kappa shape index (κ3) is 4.49. The number of hydrogen-bond acceptors (Lipinski definition) is 4. The van der Waals surface area contributed by atoms with Gasteiger partial charge in [-0.15, -0.1) is 0 Å². The van der Waals surface area contributed by atoms with Crippen molar-refractivity contribution in [2.75, 3.05) is 6.61 Å². The highest BCUT2D eigenvalue weighted by Gasteiger charge is 2.23. The van der Waals surface area contributed by atoms with E-state index < -0.39 is 6.10 Å². The molecular formula is C15H22O4. The quantitative estimate of drug-likeness (QED) is 0.757. The monoisotopic (exact) mass is 266 g/mol. The van der Waals surface area contributed by atoms with E-state index in [0.717, 1.165) is 5.56 Å². The van der Waals surface area contributed by atoms with Crippen molar-refractivity contribution in [3.63, 3.8) is 0 Å². The van der Waals surface area contributed by atoms with Crippen molar-refractivity contribution in [2.45, 2.75) is 50.4 Å². The van der Waals surface area contributed by atoms with Crippen molar-refractivity contribution in [3.8, 4) is 5.75 Å². The predicted octanol–water partition coefficient (Wildman–Crippen LogP) is 1.62. The molecule has 1 aliphatic heterocycles. The van der Waals surface area contributed by atoms with E-state index in [1.54, 1.807) is 12.1 Å². The molecule has 1 fully saturated rings. The van der Waals surface area contributed by atoms with Crippen molar-refractivity contribution in [3.05, 3.63) is 29.8 Å². The van der Waals surface area contributed by atoms with Gasteiger partial charge in [-0.2, -0.15) is 0 Å². The number of rotatable bonds is 5. The summed E-state index contributed by atoms with van der Waals surface area (Å²) in [5.74, 6) is 0.277. The maximum atomic E-state index is 10.00. The highest BCUT2D eigenvalue weighted by Crippen LogP contribution is 2.22. The molecule has 3 atom stereocenters. The van der Waals surface area contributed by atoms with Gasteiger partial charge in [-0.1, -0.05) is 18.2 Å². The molecule has 0 saturated carbocycles.